The van der Waals surface area contributed by atoms with Crippen LogP contribution in [-0.2, 0) is 14.3 Å². The van der Waals surface area contributed by atoms with Crippen LogP contribution >= 0.6 is 31.9 Å². The van der Waals surface area contributed by atoms with Gasteiger partial charge in [0.2, 0.25) is 5.91 Å². The molecule has 110 valence electrons. The highest BCUT2D eigenvalue weighted by Gasteiger charge is 2.53. The molecule has 5 nitrogen and oxygen atoms in total. The number of ether oxygens (including phenoxy) is 1. The Morgan fingerprint density at radius 3 is 2.43 bits per heavy atom. The smallest absolute Gasteiger partial charge is 0.310 e. The van der Waals surface area contributed by atoms with Crippen molar-refractivity contribution in [3.05, 3.63) is 39.3 Å². The number of carbonyl (C=O) groups is 2. The fourth-order valence-electron chi connectivity index (χ4n) is 2.72. The molecular formula is C14H11Br2NO4. The first-order valence-corrected chi connectivity index (χ1v) is 7.88. The maximum Gasteiger partial charge on any atom is 0.310 e. The summed E-state index contributed by atoms with van der Waals surface area (Å²) in [4.78, 5) is 23.8. The first-order valence-electron chi connectivity index (χ1n) is 6.30. The number of nitrogens with one attached hydrogen (secondary N) is 1. The summed E-state index contributed by atoms with van der Waals surface area (Å²) in [5.74, 6) is -2.91. The molecule has 7 heteroatoms. The van der Waals surface area contributed by atoms with Crippen LogP contribution in [0.2, 0.25) is 0 Å². The Kier molecular flexibility index (Phi) is 3.90. The molecule has 1 fully saturated rings. The van der Waals surface area contributed by atoms with Gasteiger partial charge in [-0.05, 0) is 34.1 Å². The third-order valence-corrected chi connectivity index (χ3v) is 4.83. The van der Waals surface area contributed by atoms with Crippen LogP contribution in [0.25, 0.3) is 0 Å². The number of carbonyl (C=O) groups excluding carboxylic acids is 1. The van der Waals surface area contributed by atoms with Crippen LogP contribution in [0, 0.1) is 11.8 Å². The molecule has 2 heterocycles. The topological polar surface area (TPSA) is 75.6 Å². The maximum atomic E-state index is 12.4. The molecule has 2 bridgehead atoms. The van der Waals surface area contributed by atoms with Gasteiger partial charge in [-0.3, -0.25) is 9.59 Å². The Labute approximate surface area is 137 Å². The number of anilines is 1. The quantitative estimate of drug-likeness (QED) is 0.743. The SMILES string of the molecule is O=C(Nc1ccc(Br)cc1Br)[C@@H]1[C@H](C(=O)O)[C@H]2C=C[C@H]1O2. The van der Waals surface area contributed by atoms with E-state index in [-0.39, 0.29) is 5.91 Å². The summed E-state index contributed by atoms with van der Waals surface area (Å²) >= 11 is 6.70. The Morgan fingerprint density at radius 2 is 1.81 bits per heavy atom. The number of rotatable bonds is 3. The second-order valence-corrected chi connectivity index (χ2v) is 6.72. The van der Waals surface area contributed by atoms with Gasteiger partial charge in [-0.15, -0.1) is 0 Å². The minimum atomic E-state index is -1.01. The van der Waals surface area contributed by atoms with Gasteiger partial charge < -0.3 is 15.2 Å². The van der Waals surface area contributed by atoms with Crippen molar-refractivity contribution in [3.63, 3.8) is 0 Å². The summed E-state index contributed by atoms with van der Waals surface area (Å²) in [5, 5.41) is 12.1. The van der Waals surface area contributed by atoms with Gasteiger partial charge in [0.25, 0.3) is 0 Å². The van der Waals surface area contributed by atoms with Gasteiger partial charge in [0, 0.05) is 8.95 Å². The molecule has 0 radical (unpaired) electrons. The summed E-state index contributed by atoms with van der Waals surface area (Å²) in [7, 11) is 0. The number of aliphatic carboxylic acids is 1. The van der Waals surface area contributed by atoms with Crippen LogP contribution in [0.15, 0.2) is 39.3 Å². The van der Waals surface area contributed by atoms with Crippen LogP contribution in [0.4, 0.5) is 5.69 Å². The number of halogens is 2. The molecule has 1 amide bonds. The van der Waals surface area contributed by atoms with Crippen molar-refractivity contribution in [2.24, 2.45) is 11.8 Å². The third-order valence-electron chi connectivity index (χ3n) is 3.68. The van der Waals surface area contributed by atoms with E-state index in [0.29, 0.717) is 5.69 Å². The van der Waals surface area contributed by atoms with Crippen LogP contribution in [-0.4, -0.2) is 29.2 Å². The van der Waals surface area contributed by atoms with Gasteiger partial charge in [0.05, 0.1) is 23.8 Å². The van der Waals surface area contributed by atoms with E-state index in [1.54, 1.807) is 24.3 Å². The summed E-state index contributed by atoms with van der Waals surface area (Å²) < 4.78 is 7.09. The van der Waals surface area contributed by atoms with Crippen molar-refractivity contribution in [2.75, 3.05) is 5.32 Å². The highest BCUT2D eigenvalue weighted by Crippen LogP contribution is 2.40. The number of carboxylic acid groups (broad SMARTS) is 1. The van der Waals surface area contributed by atoms with Crippen molar-refractivity contribution in [1.29, 1.82) is 0 Å². The molecular weight excluding hydrogens is 406 g/mol. The van der Waals surface area contributed by atoms with Crippen LogP contribution in [0.5, 0.6) is 0 Å². The van der Waals surface area contributed by atoms with Gasteiger partial charge >= 0.3 is 5.97 Å². The average Bonchev–Trinajstić information content (AvgIpc) is 3.02. The van der Waals surface area contributed by atoms with E-state index in [1.807, 2.05) is 6.07 Å². The molecule has 1 aromatic rings. The molecule has 2 N–H and O–H groups in total. The highest BCUT2D eigenvalue weighted by atomic mass is 79.9. The van der Waals surface area contributed by atoms with Crippen LogP contribution in [0.1, 0.15) is 0 Å². The molecule has 0 aromatic heterocycles. The zero-order chi connectivity index (χ0) is 15.1. The molecule has 0 unspecified atom stereocenters. The lowest BCUT2D eigenvalue weighted by Gasteiger charge is -2.21. The first kappa shape index (κ1) is 14.7. The third kappa shape index (κ3) is 2.65. The fourth-order valence-corrected chi connectivity index (χ4v) is 3.87. The molecule has 2 aliphatic rings. The predicted molar refractivity (Wildman–Crippen MR) is 82.9 cm³/mol. The Bertz CT molecular complexity index is 646. The minimum Gasteiger partial charge on any atom is -0.481 e. The zero-order valence-corrected chi connectivity index (χ0v) is 13.8. The van der Waals surface area contributed by atoms with Gasteiger partial charge in [-0.2, -0.15) is 0 Å². The molecule has 4 atom stereocenters. The van der Waals surface area contributed by atoms with E-state index < -0.39 is 30.0 Å². The average molecular weight is 417 g/mol. The summed E-state index contributed by atoms with van der Waals surface area (Å²) in [6, 6.07) is 5.35. The summed E-state index contributed by atoms with van der Waals surface area (Å²) in [6.07, 6.45) is 2.48. The second-order valence-electron chi connectivity index (χ2n) is 4.95. The molecule has 1 saturated heterocycles. The lowest BCUT2D eigenvalue weighted by Crippen LogP contribution is -2.39. The number of carboxylic acids is 1. The fraction of sp³-hybridized carbons (Fsp3) is 0.286. The Balaban J connectivity index is 1.82. The van der Waals surface area contributed by atoms with Crippen molar-refractivity contribution in [3.8, 4) is 0 Å². The van der Waals surface area contributed by atoms with Gasteiger partial charge in [-0.25, -0.2) is 0 Å². The molecule has 0 aliphatic carbocycles. The number of amides is 1. The van der Waals surface area contributed by atoms with Gasteiger partial charge in [0.15, 0.2) is 0 Å². The molecule has 0 saturated carbocycles. The summed E-state index contributed by atoms with van der Waals surface area (Å²) in [5.41, 5.74) is 0.596. The Morgan fingerprint density at radius 1 is 1.14 bits per heavy atom. The normalized spacial score (nSPS) is 29.6. The number of benzene rings is 1. The van der Waals surface area contributed by atoms with Crippen molar-refractivity contribution < 1.29 is 19.4 Å². The molecule has 2 aliphatic heterocycles. The van der Waals surface area contributed by atoms with Crippen LogP contribution < -0.4 is 5.32 Å². The molecule has 0 spiro atoms. The largest absolute Gasteiger partial charge is 0.481 e. The minimum absolute atomic E-state index is 0.345. The monoisotopic (exact) mass is 415 g/mol. The number of hydrogen-bond acceptors (Lipinski definition) is 3. The van der Waals surface area contributed by atoms with Crippen molar-refractivity contribution >= 4 is 49.4 Å². The molecule has 1 aromatic carbocycles. The maximum absolute atomic E-state index is 12.4. The van der Waals surface area contributed by atoms with E-state index in [2.05, 4.69) is 37.2 Å². The van der Waals surface area contributed by atoms with E-state index in [4.69, 9.17) is 4.74 Å². The second kappa shape index (κ2) is 5.55. The number of hydrogen-bond donors (Lipinski definition) is 2. The van der Waals surface area contributed by atoms with Crippen molar-refractivity contribution in [1.82, 2.24) is 0 Å². The standard InChI is InChI=1S/C14H11Br2NO4/c15-6-1-2-8(7(16)5-6)17-13(18)11-9-3-4-10(21-9)12(11)14(19)20/h1-5,9-12H,(H,17,18)(H,19,20)/t9-,10-,11+,12-/m1/s1. The van der Waals surface area contributed by atoms with E-state index in [0.717, 1.165) is 8.95 Å². The highest BCUT2D eigenvalue weighted by molar-refractivity contribution is 9.11. The van der Waals surface area contributed by atoms with Gasteiger partial charge in [0.1, 0.15) is 5.92 Å². The van der Waals surface area contributed by atoms with Gasteiger partial charge in [-0.1, -0.05) is 28.1 Å². The van der Waals surface area contributed by atoms with Crippen molar-refractivity contribution in [2.45, 2.75) is 12.2 Å². The van der Waals surface area contributed by atoms with Crippen LogP contribution in [0.3, 0.4) is 0 Å². The summed E-state index contributed by atoms with van der Waals surface area (Å²) in [6.45, 7) is 0. The zero-order valence-electron chi connectivity index (χ0n) is 10.6. The molecule has 3 rings (SSSR count). The van der Waals surface area contributed by atoms with E-state index >= 15 is 0 Å². The molecule has 21 heavy (non-hydrogen) atoms. The lowest BCUT2D eigenvalue weighted by molar-refractivity contribution is -0.145. The van der Waals surface area contributed by atoms with E-state index in [9.17, 15) is 14.7 Å². The first-order chi connectivity index (χ1) is 9.97. The predicted octanol–water partition coefficient (Wildman–Crippen LogP) is 2.80. The van der Waals surface area contributed by atoms with E-state index in [1.165, 1.54) is 0 Å². The number of fused-ring (bicyclic) bond motifs is 2. The Hall–Kier alpha value is -1.18. The lowest BCUT2D eigenvalue weighted by atomic mass is 9.82.